The Morgan fingerprint density at radius 2 is 0.613 bits per heavy atom. The topological polar surface area (TPSA) is 108 Å². The first-order chi connectivity index (χ1) is 15.2. The van der Waals surface area contributed by atoms with Gasteiger partial charge in [-0.15, -0.1) is 0 Å². The molecule has 1 rings (SSSR count). The van der Waals surface area contributed by atoms with Crippen molar-refractivity contribution in [1.82, 2.24) is 19.6 Å². The standard InChI is InChI=1S/C23H38N8/c24-8-1-12-28-16-5-17-29(13-2-9-25)19-7-21-31(15-4-11-27)23-22-30(14-3-10-26)20-6-18-28/h1-7,12-23H2. The summed E-state index contributed by atoms with van der Waals surface area (Å²) < 4.78 is 0. The molecule has 0 bridgehead atoms. The van der Waals surface area contributed by atoms with E-state index in [0.717, 1.165) is 97.8 Å². The number of hydrogen-bond donors (Lipinski definition) is 0. The minimum atomic E-state index is 0.532. The lowest BCUT2D eigenvalue weighted by Crippen LogP contribution is -2.38. The van der Waals surface area contributed by atoms with Gasteiger partial charge in [-0.05, 0) is 58.5 Å². The summed E-state index contributed by atoms with van der Waals surface area (Å²) >= 11 is 0. The molecule has 0 aromatic rings. The normalized spacial score (nSPS) is 19.2. The van der Waals surface area contributed by atoms with Crippen LogP contribution in [0.4, 0.5) is 0 Å². The van der Waals surface area contributed by atoms with Crippen LogP contribution in [0.1, 0.15) is 44.9 Å². The number of nitriles is 4. The molecule has 1 saturated heterocycles. The molecule has 0 aliphatic carbocycles. The van der Waals surface area contributed by atoms with Gasteiger partial charge in [-0.2, -0.15) is 21.0 Å². The summed E-state index contributed by atoms with van der Waals surface area (Å²) in [4.78, 5) is 9.49. The lowest BCUT2D eigenvalue weighted by Gasteiger charge is -2.28. The van der Waals surface area contributed by atoms with Crippen LogP contribution < -0.4 is 0 Å². The van der Waals surface area contributed by atoms with Crippen molar-refractivity contribution in [3.63, 3.8) is 0 Å². The van der Waals surface area contributed by atoms with Gasteiger partial charge >= 0.3 is 0 Å². The summed E-state index contributed by atoms with van der Waals surface area (Å²) in [5.74, 6) is 0. The highest BCUT2D eigenvalue weighted by Gasteiger charge is 2.13. The van der Waals surface area contributed by atoms with E-state index in [-0.39, 0.29) is 0 Å². The molecule has 0 aromatic carbocycles. The van der Waals surface area contributed by atoms with Crippen molar-refractivity contribution < 1.29 is 0 Å². The van der Waals surface area contributed by atoms with E-state index in [1.807, 2.05) is 0 Å². The van der Waals surface area contributed by atoms with Crippen LogP contribution in [-0.2, 0) is 0 Å². The van der Waals surface area contributed by atoms with Gasteiger partial charge in [0, 0.05) is 65.0 Å². The molecule has 0 saturated carbocycles. The second-order valence-corrected chi connectivity index (χ2v) is 8.06. The SMILES string of the molecule is N#CCCN1CCCN(CCC#N)CCCN(CCC#N)CCN(CCC#N)CCC1. The van der Waals surface area contributed by atoms with Crippen LogP contribution in [0.25, 0.3) is 0 Å². The Kier molecular flexibility index (Phi) is 16.1. The molecule has 1 heterocycles. The molecule has 0 unspecified atom stereocenters. The fourth-order valence-electron chi connectivity index (χ4n) is 4.01. The van der Waals surface area contributed by atoms with Crippen LogP contribution in [0.2, 0.25) is 0 Å². The third-order valence-corrected chi connectivity index (χ3v) is 5.74. The Bertz CT molecular complexity index is 569. The molecule has 0 spiro atoms. The lowest BCUT2D eigenvalue weighted by molar-refractivity contribution is 0.192. The van der Waals surface area contributed by atoms with E-state index in [1.54, 1.807) is 0 Å². The Labute approximate surface area is 188 Å². The zero-order valence-electron chi connectivity index (χ0n) is 19.0. The molecular weight excluding hydrogens is 388 g/mol. The van der Waals surface area contributed by atoms with Gasteiger partial charge in [-0.1, -0.05) is 0 Å². The molecule has 1 aliphatic heterocycles. The van der Waals surface area contributed by atoms with Crippen molar-refractivity contribution in [2.24, 2.45) is 0 Å². The van der Waals surface area contributed by atoms with Crippen molar-refractivity contribution >= 4 is 0 Å². The van der Waals surface area contributed by atoms with E-state index in [1.165, 1.54) is 0 Å². The minimum absolute atomic E-state index is 0.532. The van der Waals surface area contributed by atoms with Gasteiger partial charge in [-0.3, -0.25) is 0 Å². The Morgan fingerprint density at radius 1 is 0.387 bits per heavy atom. The predicted octanol–water partition coefficient (Wildman–Crippen LogP) is 2.03. The number of rotatable bonds is 8. The molecule has 0 aromatic heterocycles. The van der Waals surface area contributed by atoms with Crippen molar-refractivity contribution in [3.05, 3.63) is 0 Å². The molecule has 0 N–H and O–H groups in total. The van der Waals surface area contributed by atoms with Crippen LogP contribution in [0, 0.1) is 45.3 Å². The highest BCUT2D eigenvalue weighted by Crippen LogP contribution is 2.05. The van der Waals surface area contributed by atoms with Crippen LogP contribution >= 0.6 is 0 Å². The first-order valence-electron chi connectivity index (χ1n) is 11.6. The minimum Gasteiger partial charge on any atom is -0.302 e. The van der Waals surface area contributed by atoms with Crippen molar-refractivity contribution in [2.75, 3.05) is 78.5 Å². The second-order valence-electron chi connectivity index (χ2n) is 8.06. The van der Waals surface area contributed by atoms with Crippen LogP contribution in [0.5, 0.6) is 0 Å². The molecular formula is C23H38N8. The van der Waals surface area contributed by atoms with Gasteiger partial charge in [0.1, 0.15) is 0 Å². The maximum atomic E-state index is 9.01. The molecule has 0 radical (unpaired) electrons. The fourth-order valence-corrected chi connectivity index (χ4v) is 4.01. The van der Waals surface area contributed by atoms with E-state index in [9.17, 15) is 0 Å². The molecule has 31 heavy (non-hydrogen) atoms. The molecule has 0 atom stereocenters. The first kappa shape index (κ1) is 26.8. The average Bonchev–Trinajstić information content (AvgIpc) is 2.79. The predicted molar refractivity (Wildman–Crippen MR) is 121 cm³/mol. The van der Waals surface area contributed by atoms with Crippen molar-refractivity contribution in [3.8, 4) is 24.3 Å². The van der Waals surface area contributed by atoms with E-state index >= 15 is 0 Å². The molecule has 1 fully saturated rings. The third kappa shape index (κ3) is 13.7. The molecule has 8 heteroatoms. The summed E-state index contributed by atoms with van der Waals surface area (Å²) in [6, 6.07) is 9.04. The molecule has 1 aliphatic rings. The van der Waals surface area contributed by atoms with Crippen LogP contribution in [-0.4, -0.2) is 98.1 Å². The van der Waals surface area contributed by atoms with E-state index in [0.29, 0.717) is 25.7 Å². The van der Waals surface area contributed by atoms with Crippen molar-refractivity contribution in [1.29, 1.82) is 21.0 Å². The maximum Gasteiger partial charge on any atom is 0.0635 e. The van der Waals surface area contributed by atoms with Gasteiger partial charge < -0.3 is 19.6 Å². The largest absolute Gasteiger partial charge is 0.302 e. The third-order valence-electron chi connectivity index (χ3n) is 5.74. The summed E-state index contributed by atoms with van der Waals surface area (Å²) in [6.45, 7) is 10.7. The van der Waals surface area contributed by atoms with Crippen LogP contribution in [0.3, 0.4) is 0 Å². The highest BCUT2D eigenvalue weighted by molar-refractivity contribution is 4.78. The maximum absolute atomic E-state index is 9.01. The zero-order chi connectivity index (χ0) is 22.6. The van der Waals surface area contributed by atoms with Gasteiger partial charge in [0.2, 0.25) is 0 Å². The summed E-state index contributed by atoms with van der Waals surface area (Å²) in [7, 11) is 0. The summed E-state index contributed by atoms with van der Waals surface area (Å²) in [6.07, 6.45) is 5.23. The smallest absolute Gasteiger partial charge is 0.0635 e. The second kappa shape index (κ2) is 18.6. The monoisotopic (exact) mass is 426 g/mol. The summed E-state index contributed by atoms with van der Waals surface area (Å²) in [5.41, 5.74) is 0. The fraction of sp³-hybridized carbons (Fsp3) is 0.826. The van der Waals surface area contributed by atoms with Gasteiger partial charge in [0.05, 0.1) is 24.3 Å². The average molecular weight is 427 g/mol. The highest BCUT2D eigenvalue weighted by atomic mass is 15.2. The van der Waals surface area contributed by atoms with Gasteiger partial charge in [0.15, 0.2) is 0 Å². The Balaban J connectivity index is 2.79. The Hall–Kier alpha value is -2.20. The van der Waals surface area contributed by atoms with E-state index in [2.05, 4.69) is 43.9 Å². The Morgan fingerprint density at radius 3 is 0.839 bits per heavy atom. The molecule has 170 valence electrons. The van der Waals surface area contributed by atoms with Crippen LogP contribution in [0.15, 0.2) is 0 Å². The van der Waals surface area contributed by atoms with E-state index in [4.69, 9.17) is 21.0 Å². The van der Waals surface area contributed by atoms with Gasteiger partial charge in [-0.25, -0.2) is 0 Å². The van der Waals surface area contributed by atoms with Gasteiger partial charge in [0.25, 0.3) is 0 Å². The first-order valence-corrected chi connectivity index (χ1v) is 11.6. The zero-order valence-corrected chi connectivity index (χ0v) is 19.0. The quantitative estimate of drug-likeness (QED) is 0.580. The van der Waals surface area contributed by atoms with Crippen molar-refractivity contribution in [2.45, 2.75) is 44.9 Å². The number of hydrogen-bond acceptors (Lipinski definition) is 8. The van der Waals surface area contributed by atoms with E-state index < -0.39 is 0 Å². The summed E-state index contributed by atoms with van der Waals surface area (Å²) in [5, 5.41) is 36.0. The molecule has 0 amide bonds. The molecule has 8 nitrogen and oxygen atoms in total. The number of nitrogens with zero attached hydrogens (tertiary/aromatic N) is 8. The lowest BCUT2D eigenvalue weighted by atomic mass is 10.2.